The van der Waals surface area contributed by atoms with Crippen molar-refractivity contribution < 1.29 is 0 Å². The Morgan fingerprint density at radius 2 is 1.89 bits per heavy atom. The van der Waals surface area contributed by atoms with Crippen LogP contribution in [0.1, 0.15) is 13.8 Å². The van der Waals surface area contributed by atoms with Gasteiger partial charge in [0.15, 0.2) is 0 Å². The molecule has 0 fully saturated rings. The molecular weight excluding hydrogens is 225 g/mol. The van der Waals surface area contributed by atoms with E-state index in [1.165, 1.54) is 11.8 Å². The van der Waals surface area contributed by atoms with Crippen LogP contribution in [0.4, 0.5) is 0 Å². The average molecular weight is 235 g/mol. The van der Waals surface area contributed by atoms with Crippen LogP contribution in [-0.4, -0.2) is 6.21 Å². The van der Waals surface area contributed by atoms with E-state index in [4.69, 9.17) is 5.41 Å². The highest BCUT2D eigenvalue weighted by atomic mass is 127. The van der Waals surface area contributed by atoms with E-state index in [1.54, 1.807) is 0 Å². The fraction of sp³-hybridized carbons (Fsp3) is 0.286. The van der Waals surface area contributed by atoms with Gasteiger partial charge in [0.1, 0.15) is 0 Å². The van der Waals surface area contributed by atoms with Crippen LogP contribution in [0.2, 0.25) is 0 Å². The Balaban J connectivity index is 4.11. The van der Waals surface area contributed by atoms with E-state index in [-0.39, 0.29) is 0 Å². The first-order valence-electron chi connectivity index (χ1n) is 2.66. The molecule has 9 heavy (non-hydrogen) atoms. The first kappa shape index (κ1) is 8.88. The topological polar surface area (TPSA) is 23.9 Å². The molecule has 0 aliphatic carbocycles. The zero-order valence-electron chi connectivity index (χ0n) is 5.61. The van der Waals surface area contributed by atoms with Crippen molar-refractivity contribution in [3.8, 4) is 0 Å². The van der Waals surface area contributed by atoms with Gasteiger partial charge in [0.2, 0.25) is 0 Å². The van der Waals surface area contributed by atoms with Crippen molar-refractivity contribution in [1.82, 2.24) is 0 Å². The van der Waals surface area contributed by atoms with Crippen molar-refractivity contribution >= 4 is 28.8 Å². The van der Waals surface area contributed by atoms with Crippen molar-refractivity contribution in [2.45, 2.75) is 13.8 Å². The number of halogens is 1. The van der Waals surface area contributed by atoms with Gasteiger partial charge in [-0.25, -0.2) is 0 Å². The molecule has 0 amide bonds. The standard InChI is InChI=1S/C7H10IN/c1-6(4-8)3-7(2)5-9/h3-5,9H,1-2H3. The fourth-order valence-corrected chi connectivity index (χ4v) is 0.612. The van der Waals surface area contributed by atoms with Gasteiger partial charge in [-0.2, -0.15) is 0 Å². The molecule has 0 aliphatic heterocycles. The van der Waals surface area contributed by atoms with Crippen LogP contribution in [0.25, 0.3) is 0 Å². The first-order valence-corrected chi connectivity index (χ1v) is 3.91. The van der Waals surface area contributed by atoms with Gasteiger partial charge in [0, 0.05) is 6.21 Å². The second-order valence-corrected chi connectivity index (χ2v) is 2.51. The second-order valence-electron chi connectivity index (χ2n) is 1.89. The quantitative estimate of drug-likeness (QED) is 0.432. The Kier molecular flexibility index (Phi) is 4.67. The Hall–Kier alpha value is -0.120. The normalized spacial score (nSPS) is 13.7. The van der Waals surface area contributed by atoms with E-state index in [0.29, 0.717) is 0 Å². The largest absolute Gasteiger partial charge is 0.308 e. The predicted molar refractivity (Wildman–Crippen MR) is 50.3 cm³/mol. The molecule has 2 heteroatoms. The lowest BCUT2D eigenvalue weighted by atomic mass is 10.2. The molecule has 0 aromatic carbocycles. The number of hydrogen-bond donors (Lipinski definition) is 1. The molecule has 1 N–H and O–H groups in total. The van der Waals surface area contributed by atoms with E-state index in [1.807, 2.05) is 24.0 Å². The Morgan fingerprint density at radius 3 is 2.22 bits per heavy atom. The Bertz CT molecular complexity index is 156. The molecule has 0 aliphatic rings. The molecule has 0 saturated heterocycles. The SMILES string of the molecule is CC(=CI)C=C(C)C=N. The van der Waals surface area contributed by atoms with Crippen LogP contribution < -0.4 is 0 Å². The molecule has 0 bridgehead atoms. The molecule has 0 spiro atoms. The number of allylic oxidation sites excluding steroid dienone is 3. The van der Waals surface area contributed by atoms with E-state index >= 15 is 0 Å². The van der Waals surface area contributed by atoms with Gasteiger partial charge in [-0.3, -0.25) is 0 Å². The van der Waals surface area contributed by atoms with Crippen molar-refractivity contribution in [3.63, 3.8) is 0 Å². The maximum absolute atomic E-state index is 6.85. The van der Waals surface area contributed by atoms with Gasteiger partial charge in [-0.15, -0.1) is 0 Å². The van der Waals surface area contributed by atoms with Crippen LogP contribution in [0, 0.1) is 5.41 Å². The van der Waals surface area contributed by atoms with Crippen LogP contribution in [0.5, 0.6) is 0 Å². The minimum Gasteiger partial charge on any atom is -0.308 e. The molecule has 0 heterocycles. The van der Waals surface area contributed by atoms with Crippen molar-refractivity contribution in [2.75, 3.05) is 0 Å². The van der Waals surface area contributed by atoms with Gasteiger partial charge in [-0.1, -0.05) is 28.7 Å². The number of hydrogen-bond acceptors (Lipinski definition) is 1. The zero-order chi connectivity index (χ0) is 7.28. The number of rotatable bonds is 2. The Labute approximate surface area is 69.5 Å². The van der Waals surface area contributed by atoms with Crippen LogP contribution in [0.15, 0.2) is 21.3 Å². The smallest absolute Gasteiger partial charge is 0.0207 e. The highest BCUT2D eigenvalue weighted by Crippen LogP contribution is 2.01. The molecule has 1 nitrogen and oxygen atoms in total. The summed E-state index contributed by atoms with van der Waals surface area (Å²) in [6, 6.07) is 0. The van der Waals surface area contributed by atoms with Crippen LogP contribution in [0.3, 0.4) is 0 Å². The first-order chi connectivity index (χ1) is 4.20. The van der Waals surface area contributed by atoms with Gasteiger partial charge in [0.25, 0.3) is 0 Å². The summed E-state index contributed by atoms with van der Waals surface area (Å²) < 4.78 is 1.99. The molecule has 0 saturated carbocycles. The summed E-state index contributed by atoms with van der Waals surface area (Å²) in [5.74, 6) is 0. The summed E-state index contributed by atoms with van der Waals surface area (Å²) in [5.41, 5.74) is 2.18. The molecule has 0 atom stereocenters. The minimum atomic E-state index is 0.986. The highest BCUT2D eigenvalue weighted by Gasteiger charge is 1.81. The average Bonchev–Trinajstić information content (AvgIpc) is 1.87. The van der Waals surface area contributed by atoms with Gasteiger partial charge in [-0.05, 0) is 29.1 Å². The molecule has 0 aromatic heterocycles. The van der Waals surface area contributed by atoms with Crippen molar-refractivity contribution in [3.05, 3.63) is 21.3 Å². The van der Waals surface area contributed by atoms with Crippen molar-refractivity contribution in [1.29, 1.82) is 5.41 Å². The summed E-state index contributed by atoms with van der Waals surface area (Å²) in [4.78, 5) is 0. The third kappa shape index (κ3) is 4.39. The lowest BCUT2D eigenvalue weighted by molar-refractivity contribution is 1.46. The van der Waals surface area contributed by atoms with Gasteiger partial charge < -0.3 is 5.41 Å². The van der Waals surface area contributed by atoms with E-state index in [2.05, 4.69) is 22.6 Å². The maximum atomic E-state index is 6.85. The van der Waals surface area contributed by atoms with Gasteiger partial charge in [0.05, 0.1) is 0 Å². The fourth-order valence-electron chi connectivity index (χ4n) is 0.432. The second kappa shape index (κ2) is 4.73. The van der Waals surface area contributed by atoms with E-state index in [0.717, 1.165) is 5.57 Å². The lowest BCUT2D eigenvalue weighted by Gasteiger charge is -1.88. The molecule has 0 rings (SSSR count). The molecular formula is C7H10IN. The molecule has 0 radical (unpaired) electrons. The minimum absolute atomic E-state index is 0.986. The van der Waals surface area contributed by atoms with Crippen LogP contribution in [-0.2, 0) is 0 Å². The summed E-state index contributed by atoms with van der Waals surface area (Å²) >= 11 is 2.18. The molecule has 0 unspecified atom stereocenters. The third-order valence-electron chi connectivity index (χ3n) is 0.855. The van der Waals surface area contributed by atoms with Crippen LogP contribution >= 0.6 is 22.6 Å². The summed E-state index contributed by atoms with van der Waals surface area (Å²) in [7, 11) is 0. The lowest BCUT2D eigenvalue weighted by Crippen LogP contribution is -1.74. The van der Waals surface area contributed by atoms with Crippen molar-refractivity contribution in [2.24, 2.45) is 0 Å². The summed E-state index contributed by atoms with van der Waals surface area (Å²) in [6.45, 7) is 3.93. The van der Waals surface area contributed by atoms with E-state index < -0.39 is 0 Å². The third-order valence-corrected chi connectivity index (χ3v) is 1.84. The monoisotopic (exact) mass is 235 g/mol. The zero-order valence-corrected chi connectivity index (χ0v) is 7.77. The molecule has 50 valence electrons. The Morgan fingerprint density at radius 1 is 1.33 bits per heavy atom. The van der Waals surface area contributed by atoms with Gasteiger partial charge >= 0.3 is 0 Å². The predicted octanol–water partition coefficient (Wildman–Crippen LogP) is 2.92. The summed E-state index contributed by atoms with van der Waals surface area (Å²) in [6.07, 6.45) is 3.32. The number of nitrogens with one attached hydrogen (secondary N) is 1. The highest BCUT2D eigenvalue weighted by molar-refractivity contribution is 14.1. The van der Waals surface area contributed by atoms with E-state index in [9.17, 15) is 0 Å². The molecule has 0 aromatic rings. The summed E-state index contributed by atoms with van der Waals surface area (Å²) in [5, 5.41) is 6.85. The maximum Gasteiger partial charge on any atom is 0.0207 e.